The molecule has 0 saturated carbocycles. The van der Waals surface area contributed by atoms with Gasteiger partial charge in [-0.3, -0.25) is 9.59 Å². The Balaban J connectivity index is 1.69. The van der Waals surface area contributed by atoms with Gasteiger partial charge in [0.15, 0.2) is 0 Å². The standard InChI is InChI=1S/C31H34N2O3/c1-18-12-19(2)22(5)30(21(18)4)31(36)33-11-10-24-7-8-25(14-26(24)17-33)28(15-29(34)35)27-9-6-23(16-32)13-20(27)3/h6-9,12-14,16,28,32H,10-11,15,17H2,1-5H3,(H,34,35). The Morgan fingerprint density at radius 2 is 1.64 bits per heavy atom. The lowest BCUT2D eigenvalue weighted by atomic mass is 9.83. The molecule has 1 amide bonds. The average molecular weight is 483 g/mol. The molecule has 186 valence electrons. The Labute approximate surface area is 213 Å². The van der Waals surface area contributed by atoms with E-state index < -0.39 is 5.97 Å². The summed E-state index contributed by atoms with van der Waals surface area (Å²) in [5.74, 6) is -1.10. The molecule has 1 heterocycles. The number of carboxylic acids is 1. The topological polar surface area (TPSA) is 81.5 Å². The summed E-state index contributed by atoms with van der Waals surface area (Å²) in [5.41, 5.74) is 11.1. The fraction of sp³-hybridized carbons (Fsp3) is 0.323. The number of hydrogen-bond donors (Lipinski definition) is 2. The van der Waals surface area contributed by atoms with Crippen LogP contribution in [0, 0.1) is 40.0 Å². The van der Waals surface area contributed by atoms with Crippen LogP contribution in [0.25, 0.3) is 0 Å². The number of nitrogens with zero attached hydrogens (tertiary/aromatic N) is 1. The molecule has 0 aliphatic carbocycles. The van der Waals surface area contributed by atoms with E-state index in [1.54, 1.807) is 0 Å². The Bertz CT molecular complexity index is 1350. The van der Waals surface area contributed by atoms with Crippen molar-refractivity contribution in [3.05, 3.63) is 104 Å². The van der Waals surface area contributed by atoms with Crippen molar-refractivity contribution in [1.82, 2.24) is 4.90 Å². The summed E-state index contributed by atoms with van der Waals surface area (Å²) in [6.45, 7) is 11.3. The van der Waals surface area contributed by atoms with Crippen molar-refractivity contribution in [3.8, 4) is 0 Å². The molecule has 4 rings (SSSR count). The van der Waals surface area contributed by atoms with E-state index in [1.807, 2.05) is 49.9 Å². The van der Waals surface area contributed by atoms with Crippen molar-refractivity contribution in [2.24, 2.45) is 0 Å². The van der Waals surface area contributed by atoms with Crippen LogP contribution in [0.5, 0.6) is 0 Å². The normalized spacial score (nSPS) is 13.8. The minimum absolute atomic E-state index is 0.0207. The van der Waals surface area contributed by atoms with Gasteiger partial charge in [0, 0.05) is 30.8 Å². The minimum Gasteiger partial charge on any atom is -0.481 e. The molecule has 1 aliphatic rings. The molecule has 0 aromatic heterocycles. The summed E-state index contributed by atoms with van der Waals surface area (Å²) < 4.78 is 0. The van der Waals surface area contributed by atoms with E-state index >= 15 is 0 Å². The SMILES string of the molecule is Cc1cc(C=N)ccc1C(CC(=O)O)c1ccc2c(c1)CN(C(=O)c1c(C)c(C)cc(C)c1C)CC2. The predicted octanol–water partition coefficient (Wildman–Crippen LogP) is 6.03. The first-order valence-corrected chi connectivity index (χ1v) is 12.4. The molecule has 0 radical (unpaired) electrons. The number of fused-ring (bicyclic) bond motifs is 1. The van der Waals surface area contributed by atoms with Gasteiger partial charge in [-0.15, -0.1) is 0 Å². The summed E-state index contributed by atoms with van der Waals surface area (Å²) >= 11 is 0. The number of hydrogen-bond acceptors (Lipinski definition) is 3. The number of carbonyl (C=O) groups excluding carboxylic acids is 1. The summed E-state index contributed by atoms with van der Waals surface area (Å²) in [7, 11) is 0. The van der Waals surface area contributed by atoms with Gasteiger partial charge in [0.25, 0.3) is 5.91 Å². The lowest BCUT2D eigenvalue weighted by Gasteiger charge is -2.31. The quantitative estimate of drug-likeness (QED) is 0.421. The van der Waals surface area contributed by atoms with Gasteiger partial charge in [0.05, 0.1) is 6.42 Å². The first kappa shape index (κ1) is 25.4. The lowest BCUT2D eigenvalue weighted by Crippen LogP contribution is -2.37. The number of aryl methyl sites for hydroxylation is 3. The predicted molar refractivity (Wildman–Crippen MR) is 143 cm³/mol. The van der Waals surface area contributed by atoms with Crippen LogP contribution in [0.3, 0.4) is 0 Å². The van der Waals surface area contributed by atoms with E-state index in [0.717, 1.165) is 62.1 Å². The summed E-state index contributed by atoms with van der Waals surface area (Å²) in [4.78, 5) is 27.4. The maximum atomic E-state index is 13.7. The van der Waals surface area contributed by atoms with Gasteiger partial charge in [0.2, 0.25) is 0 Å². The van der Waals surface area contributed by atoms with Crippen molar-refractivity contribution in [2.75, 3.05) is 6.54 Å². The first-order chi connectivity index (χ1) is 17.1. The van der Waals surface area contributed by atoms with Gasteiger partial charge in [-0.2, -0.15) is 0 Å². The van der Waals surface area contributed by atoms with Gasteiger partial charge in [-0.25, -0.2) is 0 Å². The molecule has 5 nitrogen and oxygen atoms in total. The van der Waals surface area contributed by atoms with Gasteiger partial charge in [-0.1, -0.05) is 42.5 Å². The Kier molecular flexibility index (Phi) is 7.11. The molecule has 0 fully saturated rings. The smallest absolute Gasteiger partial charge is 0.304 e. The highest BCUT2D eigenvalue weighted by atomic mass is 16.4. The number of nitrogens with one attached hydrogen (secondary N) is 1. The highest BCUT2D eigenvalue weighted by molar-refractivity contribution is 5.98. The van der Waals surface area contributed by atoms with Crippen molar-refractivity contribution in [1.29, 1.82) is 5.41 Å². The molecule has 2 N–H and O–H groups in total. The maximum absolute atomic E-state index is 13.7. The van der Waals surface area contributed by atoms with E-state index in [4.69, 9.17) is 5.41 Å². The number of amides is 1. The van der Waals surface area contributed by atoms with Crippen molar-refractivity contribution in [2.45, 2.75) is 59.9 Å². The monoisotopic (exact) mass is 482 g/mol. The third kappa shape index (κ3) is 4.83. The number of aliphatic carboxylic acids is 1. The maximum Gasteiger partial charge on any atom is 0.304 e. The Morgan fingerprint density at radius 1 is 0.944 bits per heavy atom. The van der Waals surface area contributed by atoms with E-state index in [9.17, 15) is 14.7 Å². The molecular formula is C31H34N2O3. The summed E-state index contributed by atoms with van der Waals surface area (Å²) in [6, 6.07) is 14.1. The second-order valence-corrected chi connectivity index (χ2v) is 10.1. The highest BCUT2D eigenvalue weighted by Gasteiger charge is 2.27. The molecule has 36 heavy (non-hydrogen) atoms. The number of carbonyl (C=O) groups is 2. The molecule has 0 bridgehead atoms. The first-order valence-electron chi connectivity index (χ1n) is 12.4. The van der Waals surface area contributed by atoms with Crippen molar-refractivity contribution < 1.29 is 14.7 Å². The molecule has 1 unspecified atom stereocenters. The molecule has 3 aromatic carbocycles. The summed E-state index contributed by atoms with van der Waals surface area (Å²) in [5, 5.41) is 17.2. The molecule has 3 aromatic rings. The largest absolute Gasteiger partial charge is 0.481 e. The molecule has 1 aliphatic heterocycles. The van der Waals surface area contributed by atoms with Crippen LogP contribution in [0.4, 0.5) is 0 Å². The zero-order valence-electron chi connectivity index (χ0n) is 21.7. The van der Waals surface area contributed by atoms with Crippen LogP contribution < -0.4 is 0 Å². The van der Waals surface area contributed by atoms with E-state index in [-0.39, 0.29) is 18.2 Å². The van der Waals surface area contributed by atoms with Gasteiger partial charge >= 0.3 is 5.97 Å². The second-order valence-electron chi connectivity index (χ2n) is 10.1. The molecule has 0 saturated heterocycles. The number of carboxylic acid groups (broad SMARTS) is 1. The van der Waals surface area contributed by atoms with E-state index in [1.165, 1.54) is 11.8 Å². The zero-order valence-corrected chi connectivity index (χ0v) is 21.7. The van der Waals surface area contributed by atoms with Gasteiger partial charge in [-0.05, 0) is 96.7 Å². The third-order valence-corrected chi connectivity index (χ3v) is 7.73. The number of rotatable bonds is 6. The molecule has 5 heteroatoms. The Morgan fingerprint density at radius 3 is 2.25 bits per heavy atom. The zero-order chi connectivity index (χ0) is 26.1. The third-order valence-electron chi connectivity index (χ3n) is 7.73. The van der Waals surface area contributed by atoms with Crippen molar-refractivity contribution >= 4 is 18.1 Å². The van der Waals surface area contributed by atoms with E-state index in [0.29, 0.717) is 13.1 Å². The second kappa shape index (κ2) is 10.1. The molecular weight excluding hydrogens is 448 g/mol. The van der Waals surface area contributed by atoms with Crippen LogP contribution in [0.15, 0.2) is 42.5 Å². The van der Waals surface area contributed by atoms with Crippen LogP contribution in [0.1, 0.15) is 78.3 Å². The fourth-order valence-corrected chi connectivity index (χ4v) is 5.42. The Hall–Kier alpha value is -3.73. The fourth-order valence-electron chi connectivity index (χ4n) is 5.42. The van der Waals surface area contributed by atoms with Crippen LogP contribution in [0.2, 0.25) is 0 Å². The minimum atomic E-state index is -0.856. The van der Waals surface area contributed by atoms with E-state index in [2.05, 4.69) is 32.0 Å². The van der Waals surface area contributed by atoms with Crippen molar-refractivity contribution in [3.63, 3.8) is 0 Å². The van der Waals surface area contributed by atoms with Crippen LogP contribution in [-0.2, 0) is 17.8 Å². The van der Waals surface area contributed by atoms with Gasteiger partial charge in [0.1, 0.15) is 0 Å². The van der Waals surface area contributed by atoms with Crippen LogP contribution >= 0.6 is 0 Å². The molecule has 0 spiro atoms. The lowest BCUT2D eigenvalue weighted by molar-refractivity contribution is -0.137. The van der Waals surface area contributed by atoms with Gasteiger partial charge < -0.3 is 15.4 Å². The average Bonchev–Trinajstić information content (AvgIpc) is 2.85. The number of benzene rings is 3. The highest BCUT2D eigenvalue weighted by Crippen LogP contribution is 2.34. The van der Waals surface area contributed by atoms with Crippen LogP contribution in [-0.4, -0.2) is 34.6 Å². The summed E-state index contributed by atoms with van der Waals surface area (Å²) in [6.07, 6.45) is 2.06. The molecule has 1 atom stereocenters.